The number of carbonyl (C=O) groups excluding carboxylic acids is 1. The Kier molecular flexibility index (Phi) is 6.59. The number of thioether (sulfide) groups is 1. The van der Waals surface area contributed by atoms with Crippen LogP contribution in [0.4, 0.5) is 5.69 Å². The summed E-state index contributed by atoms with van der Waals surface area (Å²) in [5.74, 6) is 1.46. The monoisotopic (exact) mass is 426 g/mol. The third-order valence-corrected chi connectivity index (χ3v) is 5.77. The van der Waals surface area contributed by atoms with Crippen molar-refractivity contribution in [3.05, 3.63) is 102 Å². The minimum Gasteiger partial charge on any atom is -0.323 e. The summed E-state index contributed by atoms with van der Waals surface area (Å²) < 4.78 is 1.99. The summed E-state index contributed by atoms with van der Waals surface area (Å²) in [5, 5.41) is 12.4. The van der Waals surface area contributed by atoms with Crippen LogP contribution >= 0.6 is 11.8 Å². The maximum atomic E-state index is 12.2. The maximum Gasteiger partial charge on any atom is 0.248 e. The van der Waals surface area contributed by atoms with Gasteiger partial charge in [0.2, 0.25) is 5.91 Å². The van der Waals surface area contributed by atoms with Gasteiger partial charge in [-0.05, 0) is 41.5 Å². The lowest BCUT2D eigenvalue weighted by Crippen LogP contribution is -2.07. The van der Waals surface area contributed by atoms with Crippen LogP contribution in [0.15, 0.2) is 96.2 Å². The van der Waals surface area contributed by atoms with E-state index in [2.05, 4.69) is 27.6 Å². The number of aromatic nitrogens is 3. The maximum absolute atomic E-state index is 12.2. The van der Waals surface area contributed by atoms with E-state index in [9.17, 15) is 4.79 Å². The molecule has 6 heteroatoms. The molecule has 1 aromatic heterocycles. The highest BCUT2D eigenvalue weighted by molar-refractivity contribution is 7.98. The number of carbonyl (C=O) groups is 1. The van der Waals surface area contributed by atoms with E-state index in [0.717, 1.165) is 33.5 Å². The highest BCUT2D eigenvalue weighted by Gasteiger charge is 2.11. The van der Waals surface area contributed by atoms with E-state index in [4.69, 9.17) is 0 Å². The Hall–Kier alpha value is -3.64. The predicted octanol–water partition coefficient (Wildman–Crippen LogP) is 5.43. The molecule has 1 N–H and O–H groups in total. The van der Waals surface area contributed by atoms with Crippen LogP contribution in [0.25, 0.3) is 17.5 Å². The summed E-state index contributed by atoms with van der Waals surface area (Å²) in [6.07, 6.45) is 3.32. The zero-order valence-corrected chi connectivity index (χ0v) is 17.9. The van der Waals surface area contributed by atoms with Crippen LogP contribution < -0.4 is 5.32 Å². The second-order valence-electron chi connectivity index (χ2n) is 6.95. The standard InChI is InChI=1S/C25H22N4OS/c1-29-24(27-28-25(29)31-18-20-10-6-3-7-11-20)21-13-15-22(16-14-21)26-23(30)17-12-19-8-4-2-5-9-19/h2-17H,18H2,1H3,(H,26,30). The SMILES string of the molecule is Cn1c(SCc2ccccc2)nnc1-c1ccc(NC(=O)C=Cc2ccccc2)cc1. The van der Waals surface area contributed by atoms with E-state index >= 15 is 0 Å². The molecule has 0 radical (unpaired) electrons. The summed E-state index contributed by atoms with van der Waals surface area (Å²) >= 11 is 1.66. The number of hydrogen-bond acceptors (Lipinski definition) is 4. The smallest absolute Gasteiger partial charge is 0.248 e. The Bertz CT molecular complexity index is 1170. The first-order valence-electron chi connectivity index (χ1n) is 9.90. The minimum absolute atomic E-state index is 0.171. The Balaban J connectivity index is 1.38. The van der Waals surface area contributed by atoms with Crippen molar-refractivity contribution in [3.8, 4) is 11.4 Å². The van der Waals surface area contributed by atoms with Crippen LogP contribution in [0, 0.1) is 0 Å². The van der Waals surface area contributed by atoms with Gasteiger partial charge in [-0.3, -0.25) is 4.79 Å². The first-order chi connectivity index (χ1) is 15.2. The molecule has 0 fully saturated rings. The second kappa shape index (κ2) is 9.91. The average Bonchev–Trinajstić information content (AvgIpc) is 3.18. The van der Waals surface area contributed by atoms with Gasteiger partial charge in [0.05, 0.1) is 0 Å². The zero-order chi connectivity index (χ0) is 21.5. The van der Waals surface area contributed by atoms with Crippen LogP contribution in [-0.4, -0.2) is 20.7 Å². The molecule has 3 aromatic carbocycles. The number of rotatable bonds is 7. The van der Waals surface area contributed by atoms with Crippen LogP contribution in [0.3, 0.4) is 0 Å². The van der Waals surface area contributed by atoms with Gasteiger partial charge in [-0.15, -0.1) is 10.2 Å². The van der Waals surface area contributed by atoms with Gasteiger partial charge in [-0.2, -0.15) is 0 Å². The van der Waals surface area contributed by atoms with E-state index in [-0.39, 0.29) is 5.91 Å². The summed E-state index contributed by atoms with van der Waals surface area (Å²) in [7, 11) is 1.97. The molecule has 0 aliphatic heterocycles. The Morgan fingerprint density at radius 3 is 2.32 bits per heavy atom. The first-order valence-corrected chi connectivity index (χ1v) is 10.9. The topological polar surface area (TPSA) is 59.8 Å². The fourth-order valence-corrected chi connectivity index (χ4v) is 3.90. The third kappa shape index (κ3) is 5.49. The van der Waals surface area contributed by atoms with Gasteiger partial charge in [0.25, 0.3) is 0 Å². The molecule has 5 nitrogen and oxygen atoms in total. The van der Waals surface area contributed by atoms with Gasteiger partial charge >= 0.3 is 0 Å². The van der Waals surface area contributed by atoms with Crippen LogP contribution in [0.2, 0.25) is 0 Å². The molecule has 0 aliphatic carbocycles. The lowest BCUT2D eigenvalue weighted by molar-refractivity contribution is -0.111. The Labute approximate surface area is 185 Å². The van der Waals surface area contributed by atoms with Crippen molar-refractivity contribution in [1.82, 2.24) is 14.8 Å². The van der Waals surface area contributed by atoms with Gasteiger partial charge < -0.3 is 9.88 Å². The van der Waals surface area contributed by atoms with Gasteiger partial charge in [0.15, 0.2) is 11.0 Å². The van der Waals surface area contributed by atoms with E-state index in [1.165, 1.54) is 11.6 Å². The Morgan fingerprint density at radius 1 is 0.935 bits per heavy atom. The molecule has 0 saturated heterocycles. The molecule has 31 heavy (non-hydrogen) atoms. The van der Waals surface area contributed by atoms with Crippen LogP contribution in [0.5, 0.6) is 0 Å². The molecular formula is C25H22N4OS. The van der Waals surface area contributed by atoms with Gasteiger partial charge in [-0.1, -0.05) is 72.4 Å². The van der Waals surface area contributed by atoms with E-state index in [1.807, 2.05) is 84.4 Å². The molecule has 4 aromatic rings. The van der Waals surface area contributed by atoms with Crippen molar-refractivity contribution >= 4 is 29.4 Å². The second-order valence-corrected chi connectivity index (χ2v) is 7.89. The molecule has 0 aliphatic rings. The van der Waals surface area contributed by atoms with E-state index in [0.29, 0.717) is 0 Å². The predicted molar refractivity (Wildman–Crippen MR) is 127 cm³/mol. The summed E-state index contributed by atoms with van der Waals surface area (Å²) in [6.45, 7) is 0. The van der Waals surface area contributed by atoms with E-state index in [1.54, 1.807) is 17.8 Å². The number of nitrogens with one attached hydrogen (secondary N) is 1. The quantitative estimate of drug-likeness (QED) is 0.316. The fraction of sp³-hybridized carbons (Fsp3) is 0.0800. The number of nitrogens with zero attached hydrogens (tertiary/aromatic N) is 3. The van der Waals surface area contributed by atoms with Crippen molar-refractivity contribution in [3.63, 3.8) is 0 Å². The summed E-state index contributed by atoms with van der Waals surface area (Å²) in [4.78, 5) is 12.2. The molecule has 1 amide bonds. The Morgan fingerprint density at radius 2 is 1.61 bits per heavy atom. The molecule has 4 rings (SSSR count). The molecule has 0 atom stereocenters. The first kappa shape index (κ1) is 20.6. The number of anilines is 1. The molecule has 154 valence electrons. The van der Waals surface area contributed by atoms with Crippen molar-refractivity contribution in [1.29, 1.82) is 0 Å². The number of benzene rings is 3. The molecule has 0 saturated carbocycles. The van der Waals surface area contributed by atoms with E-state index < -0.39 is 0 Å². The summed E-state index contributed by atoms with van der Waals surface area (Å²) in [5.41, 5.74) is 3.90. The van der Waals surface area contributed by atoms with Crippen LogP contribution in [-0.2, 0) is 17.6 Å². The molecule has 0 unspecified atom stereocenters. The average molecular weight is 427 g/mol. The normalized spacial score (nSPS) is 11.0. The van der Waals surface area contributed by atoms with Crippen LogP contribution in [0.1, 0.15) is 11.1 Å². The lowest BCUT2D eigenvalue weighted by atomic mass is 10.2. The minimum atomic E-state index is -0.171. The third-order valence-electron chi connectivity index (χ3n) is 4.68. The fourth-order valence-electron chi connectivity index (χ4n) is 3.04. The highest BCUT2D eigenvalue weighted by Crippen LogP contribution is 2.26. The van der Waals surface area contributed by atoms with Crippen molar-refractivity contribution in [2.24, 2.45) is 7.05 Å². The van der Waals surface area contributed by atoms with Crippen molar-refractivity contribution in [2.75, 3.05) is 5.32 Å². The highest BCUT2D eigenvalue weighted by atomic mass is 32.2. The van der Waals surface area contributed by atoms with Gasteiger partial charge in [0.1, 0.15) is 0 Å². The van der Waals surface area contributed by atoms with Gasteiger partial charge in [-0.25, -0.2) is 0 Å². The molecule has 1 heterocycles. The van der Waals surface area contributed by atoms with Crippen molar-refractivity contribution in [2.45, 2.75) is 10.9 Å². The largest absolute Gasteiger partial charge is 0.323 e. The number of amides is 1. The molecule has 0 spiro atoms. The zero-order valence-electron chi connectivity index (χ0n) is 17.1. The number of hydrogen-bond donors (Lipinski definition) is 1. The lowest BCUT2D eigenvalue weighted by Gasteiger charge is -2.06. The summed E-state index contributed by atoms with van der Waals surface area (Å²) in [6, 6.07) is 27.6. The van der Waals surface area contributed by atoms with Crippen molar-refractivity contribution < 1.29 is 4.79 Å². The molecule has 0 bridgehead atoms. The van der Waals surface area contributed by atoms with Gasteiger partial charge in [0, 0.05) is 30.1 Å². The molecular weight excluding hydrogens is 404 g/mol.